The van der Waals surface area contributed by atoms with Crippen molar-refractivity contribution in [3.63, 3.8) is 0 Å². The van der Waals surface area contributed by atoms with Crippen molar-refractivity contribution in [3.8, 4) is 0 Å². The minimum absolute atomic E-state index is 0.0307. The molecule has 0 aliphatic heterocycles. The normalized spacial score (nSPS) is 27.3. The van der Waals surface area contributed by atoms with Gasteiger partial charge in [0.2, 0.25) is 5.91 Å². The van der Waals surface area contributed by atoms with Crippen molar-refractivity contribution in [1.29, 1.82) is 0 Å². The predicted molar refractivity (Wildman–Crippen MR) is 61.5 cm³/mol. The summed E-state index contributed by atoms with van der Waals surface area (Å²) in [4.78, 5) is 15.5. The number of nitrogens with zero attached hydrogens (tertiary/aromatic N) is 2. The molecule has 4 nitrogen and oxygen atoms in total. The number of amides is 1. The fourth-order valence-corrected chi connectivity index (χ4v) is 2.06. The molecule has 1 atom stereocenters. The predicted octanol–water partition coefficient (Wildman–Crippen LogP) is 0.132. The van der Waals surface area contributed by atoms with Crippen LogP contribution < -0.4 is 5.73 Å². The van der Waals surface area contributed by atoms with Crippen molar-refractivity contribution >= 4 is 5.91 Å². The Morgan fingerprint density at radius 2 is 1.93 bits per heavy atom. The molecule has 0 aromatic heterocycles. The fourth-order valence-electron chi connectivity index (χ4n) is 2.06. The highest BCUT2D eigenvalue weighted by atomic mass is 16.2. The molecule has 1 fully saturated rings. The van der Waals surface area contributed by atoms with Crippen molar-refractivity contribution in [1.82, 2.24) is 9.80 Å². The number of hydrogen-bond acceptors (Lipinski definition) is 3. The molecule has 1 saturated carbocycles. The Bertz CT molecular complexity index is 224. The van der Waals surface area contributed by atoms with E-state index in [1.165, 1.54) is 0 Å². The van der Waals surface area contributed by atoms with Gasteiger partial charge in [0.1, 0.15) is 0 Å². The Balaban J connectivity index is 2.33. The minimum Gasteiger partial charge on any atom is -0.347 e. The van der Waals surface area contributed by atoms with E-state index in [2.05, 4.69) is 4.90 Å². The second-order valence-electron chi connectivity index (χ2n) is 4.95. The zero-order valence-corrected chi connectivity index (χ0v) is 10.2. The summed E-state index contributed by atoms with van der Waals surface area (Å²) in [7, 11) is 5.60. The van der Waals surface area contributed by atoms with Gasteiger partial charge in [0.25, 0.3) is 0 Å². The van der Waals surface area contributed by atoms with E-state index in [1.54, 1.807) is 19.0 Å². The first-order valence-electron chi connectivity index (χ1n) is 5.58. The Kier molecular flexibility index (Phi) is 4.11. The number of nitrogens with two attached hydrogens (primary N) is 1. The molecular formula is C11H23N3O. The Morgan fingerprint density at radius 3 is 2.33 bits per heavy atom. The van der Waals surface area contributed by atoms with Gasteiger partial charge in [-0.15, -0.1) is 0 Å². The monoisotopic (exact) mass is 213 g/mol. The third kappa shape index (κ3) is 3.18. The molecule has 0 heterocycles. The number of hydrogen-bond donors (Lipinski definition) is 1. The second kappa shape index (κ2) is 4.94. The van der Waals surface area contributed by atoms with E-state index in [0.717, 1.165) is 19.4 Å². The van der Waals surface area contributed by atoms with E-state index in [1.807, 2.05) is 14.0 Å². The van der Waals surface area contributed by atoms with Crippen LogP contribution >= 0.6 is 0 Å². The summed E-state index contributed by atoms with van der Waals surface area (Å²) in [5.74, 6) is 0.850. The zero-order chi connectivity index (χ0) is 11.6. The van der Waals surface area contributed by atoms with Crippen LogP contribution in [0.3, 0.4) is 0 Å². The number of carbonyl (C=O) groups excluding carboxylic acids is 1. The molecule has 0 bridgehead atoms. The van der Waals surface area contributed by atoms with Crippen LogP contribution in [0.2, 0.25) is 0 Å². The number of likely N-dealkylation sites (N-methyl/N-ethyl adjacent to an activating group) is 2. The summed E-state index contributed by atoms with van der Waals surface area (Å²) >= 11 is 0. The molecule has 15 heavy (non-hydrogen) atoms. The molecule has 1 amide bonds. The summed E-state index contributed by atoms with van der Waals surface area (Å²) in [5, 5.41) is 0. The quantitative estimate of drug-likeness (QED) is 0.722. The fraction of sp³-hybridized carbons (Fsp3) is 0.909. The van der Waals surface area contributed by atoms with Gasteiger partial charge in [-0.3, -0.25) is 9.69 Å². The van der Waals surface area contributed by atoms with Gasteiger partial charge >= 0.3 is 0 Å². The standard InChI is InChI=1S/C11H23N3O/c1-8(11(15)13(2)3)14(4)7-9-5-10(12)6-9/h8-10H,5-7,12H2,1-4H3. The molecule has 1 unspecified atom stereocenters. The van der Waals surface area contributed by atoms with Crippen molar-refractivity contribution in [3.05, 3.63) is 0 Å². The lowest BCUT2D eigenvalue weighted by atomic mass is 9.80. The molecule has 88 valence electrons. The average molecular weight is 213 g/mol. The van der Waals surface area contributed by atoms with Gasteiger partial charge < -0.3 is 10.6 Å². The highest BCUT2D eigenvalue weighted by molar-refractivity contribution is 5.80. The van der Waals surface area contributed by atoms with Crippen LogP contribution in [0.5, 0.6) is 0 Å². The first-order chi connectivity index (χ1) is 6.91. The van der Waals surface area contributed by atoms with Crippen LogP contribution in [-0.4, -0.2) is 55.5 Å². The maximum atomic E-state index is 11.7. The van der Waals surface area contributed by atoms with Crippen molar-refractivity contribution < 1.29 is 4.79 Å². The van der Waals surface area contributed by atoms with Crippen molar-refractivity contribution in [2.75, 3.05) is 27.7 Å². The van der Waals surface area contributed by atoms with Crippen LogP contribution in [0.1, 0.15) is 19.8 Å². The van der Waals surface area contributed by atoms with Crippen LogP contribution in [-0.2, 0) is 4.79 Å². The number of rotatable bonds is 4. The lowest BCUT2D eigenvalue weighted by molar-refractivity contribution is -0.133. The third-order valence-electron chi connectivity index (χ3n) is 3.28. The summed E-state index contributed by atoms with van der Waals surface area (Å²) in [5.41, 5.74) is 5.74. The first kappa shape index (κ1) is 12.5. The molecule has 0 radical (unpaired) electrons. The second-order valence-corrected chi connectivity index (χ2v) is 4.95. The Hall–Kier alpha value is -0.610. The molecule has 1 rings (SSSR count). The van der Waals surface area contributed by atoms with Gasteiger partial charge in [-0.2, -0.15) is 0 Å². The molecule has 0 saturated heterocycles. The molecule has 0 spiro atoms. The van der Waals surface area contributed by atoms with Gasteiger partial charge in [0, 0.05) is 26.7 Å². The lowest BCUT2D eigenvalue weighted by Crippen LogP contribution is -2.48. The van der Waals surface area contributed by atoms with E-state index < -0.39 is 0 Å². The van der Waals surface area contributed by atoms with Gasteiger partial charge in [0.15, 0.2) is 0 Å². The van der Waals surface area contributed by atoms with E-state index in [9.17, 15) is 4.79 Å². The van der Waals surface area contributed by atoms with E-state index in [4.69, 9.17) is 5.73 Å². The van der Waals surface area contributed by atoms with Gasteiger partial charge in [-0.25, -0.2) is 0 Å². The smallest absolute Gasteiger partial charge is 0.239 e. The van der Waals surface area contributed by atoms with Crippen molar-refractivity contribution in [2.45, 2.75) is 31.8 Å². The molecule has 1 aliphatic rings. The Labute approximate surface area is 92.4 Å². The van der Waals surface area contributed by atoms with E-state index in [0.29, 0.717) is 12.0 Å². The van der Waals surface area contributed by atoms with E-state index >= 15 is 0 Å². The largest absolute Gasteiger partial charge is 0.347 e. The average Bonchev–Trinajstić information content (AvgIpc) is 2.12. The maximum absolute atomic E-state index is 11.7. The van der Waals surface area contributed by atoms with E-state index in [-0.39, 0.29) is 11.9 Å². The van der Waals surface area contributed by atoms with Gasteiger partial charge in [-0.05, 0) is 32.7 Å². The van der Waals surface area contributed by atoms with Crippen molar-refractivity contribution in [2.24, 2.45) is 11.7 Å². The molecule has 1 aliphatic carbocycles. The van der Waals surface area contributed by atoms with Crippen LogP contribution in [0.25, 0.3) is 0 Å². The van der Waals surface area contributed by atoms with Crippen LogP contribution in [0.4, 0.5) is 0 Å². The minimum atomic E-state index is -0.0307. The Morgan fingerprint density at radius 1 is 1.40 bits per heavy atom. The number of carbonyl (C=O) groups is 1. The summed E-state index contributed by atoms with van der Waals surface area (Å²) in [6.45, 7) is 2.94. The highest BCUT2D eigenvalue weighted by Crippen LogP contribution is 2.26. The molecule has 4 heteroatoms. The molecule has 0 aromatic rings. The summed E-state index contributed by atoms with van der Waals surface area (Å²) < 4.78 is 0. The zero-order valence-electron chi connectivity index (χ0n) is 10.2. The van der Waals surface area contributed by atoms with Crippen LogP contribution in [0.15, 0.2) is 0 Å². The summed E-state index contributed by atoms with van der Waals surface area (Å²) in [6.07, 6.45) is 2.21. The van der Waals surface area contributed by atoms with Gasteiger partial charge in [-0.1, -0.05) is 0 Å². The highest BCUT2D eigenvalue weighted by Gasteiger charge is 2.29. The van der Waals surface area contributed by atoms with Gasteiger partial charge in [0.05, 0.1) is 6.04 Å². The maximum Gasteiger partial charge on any atom is 0.239 e. The molecule has 0 aromatic carbocycles. The van der Waals surface area contributed by atoms with Crippen LogP contribution in [0, 0.1) is 5.92 Å². The molecule has 2 N–H and O–H groups in total. The first-order valence-corrected chi connectivity index (χ1v) is 5.58. The molecular weight excluding hydrogens is 190 g/mol. The third-order valence-corrected chi connectivity index (χ3v) is 3.28. The summed E-state index contributed by atoms with van der Waals surface area (Å²) in [6, 6.07) is 0.361. The SMILES string of the molecule is CC(C(=O)N(C)C)N(C)CC1CC(N)C1. The lowest BCUT2D eigenvalue weighted by Gasteiger charge is -2.37. The topological polar surface area (TPSA) is 49.6 Å².